The fourth-order valence-electron chi connectivity index (χ4n) is 2.41. The Morgan fingerprint density at radius 1 is 1.28 bits per heavy atom. The molecule has 128 valence electrons. The molecule has 0 saturated carbocycles. The van der Waals surface area contributed by atoms with Gasteiger partial charge in [0.15, 0.2) is 5.78 Å². The third kappa shape index (κ3) is 4.46. The number of nitrogens with one attached hydrogen (secondary N) is 1. The van der Waals surface area contributed by atoms with Crippen molar-refractivity contribution in [3.63, 3.8) is 0 Å². The van der Waals surface area contributed by atoms with Crippen molar-refractivity contribution in [2.75, 3.05) is 16.8 Å². The molecule has 1 aliphatic heterocycles. The monoisotopic (exact) mass is 376 g/mol. The number of para-hydroxylation sites is 1. The maximum atomic E-state index is 13.2. The summed E-state index contributed by atoms with van der Waals surface area (Å²) in [6.07, 6.45) is 0.148. The van der Waals surface area contributed by atoms with Crippen LogP contribution in [0.2, 0.25) is 5.02 Å². The molecule has 0 spiro atoms. The van der Waals surface area contributed by atoms with E-state index in [1.807, 2.05) is 0 Å². The highest BCUT2D eigenvalue weighted by Gasteiger charge is 2.20. The minimum absolute atomic E-state index is 0.148. The highest BCUT2D eigenvalue weighted by atomic mass is 35.5. The van der Waals surface area contributed by atoms with Crippen LogP contribution in [0.15, 0.2) is 47.5 Å². The number of benzene rings is 2. The standard InChI is InChI=1S/C18H14ClFN2O2S/c19-14-3-1-2-4-16(14)22-18(24)10-25-9-12-8-17(23)13-7-11(20)5-6-15(13)21-12/h1-7H,8-10H2,(H,22,24). The van der Waals surface area contributed by atoms with Gasteiger partial charge in [0.1, 0.15) is 5.82 Å². The maximum Gasteiger partial charge on any atom is 0.234 e. The molecule has 0 saturated heterocycles. The SMILES string of the molecule is O=C(CSCC1=Nc2ccc(F)cc2C(=O)C1)Nc1ccccc1Cl. The quantitative estimate of drug-likeness (QED) is 0.835. The molecule has 1 heterocycles. The van der Waals surface area contributed by atoms with Crippen molar-refractivity contribution in [2.45, 2.75) is 6.42 Å². The van der Waals surface area contributed by atoms with Gasteiger partial charge in [0.25, 0.3) is 0 Å². The zero-order valence-electron chi connectivity index (χ0n) is 13.1. The highest BCUT2D eigenvalue weighted by molar-refractivity contribution is 8.00. The minimum Gasteiger partial charge on any atom is -0.324 e. The van der Waals surface area contributed by atoms with E-state index in [4.69, 9.17) is 11.6 Å². The van der Waals surface area contributed by atoms with E-state index in [9.17, 15) is 14.0 Å². The Bertz CT molecular complexity index is 870. The van der Waals surface area contributed by atoms with Gasteiger partial charge in [0, 0.05) is 17.0 Å². The number of carbonyl (C=O) groups excluding carboxylic acids is 2. The Morgan fingerprint density at radius 2 is 2.08 bits per heavy atom. The van der Waals surface area contributed by atoms with Crippen molar-refractivity contribution in [1.29, 1.82) is 0 Å². The predicted molar refractivity (Wildman–Crippen MR) is 99.8 cm³/mol. The lowest BCUT2D eigenvalue weighted by Gasteiger charge is -2.14. The summed E-state index contributed by atoms with van der Waals surface area (Å²) in [6, 6.07) is 11.0. The van der Waals surface area contributed by atoms with E-state index < -0.39 is 5.82 Å². The lowest BCUT2D eigenvalue weighted by Crippen LogP contribution is -2.18. The average molecular weight is 377 g/mol. The summed E-state index contributed by atoms with van der Waals surface area (Å²) < 4.78 is 13.2. The fraction of sp³-hybridized carbons (Fsp3) is 0.167. The summed E-state index contributed by atoms with van der Waals surface area (Å²) in [5.74, 6) is -0.104. The van der Waals surface area contributed by atoms with E-state index in [1.165, 1.54) is 30.0 Å². The van der Waals surface area contributed by atoms with E-state index in [2.05, 4.69) is 10.3 Å². The van der Waals surface area contributed by atoms with Crippen LogP contribution in [0.1, 0.15) is 16.8 Å². The number of aliphatic imine (C=N–C) groups is 1. The van der Waals surface area contributed by atoms with Gasteiger partial charge in [0.2, 0.25) is 5.91 Å². The number of Topliss-reactive ketones (excluding diaryl/α,β-unsaturated/α-hetero) is 1. The van der Waals surface area contributed by atoms with Gasteiger partial charge in [-0.15, -0.1) is 11.8 Å². The largest absolute Gasteiger partial charge is 0.324 e. The maximum absolute atomic E-state index is 13.2. The lowest BCUT2D eigenvalue weighted by molar-refractivity contribution is -0.113. The summed E-state index contributed by atoms with van der Waals surface area (Å²) in [5, 5.41) is 3.22. The van der Waals surface area contributed by atoms with Crippen LogP contribution in [0.3, 0.4) is 0 Å². The topological polar surface area (TPSA) is 58.5 Å². The first-order valence-electron chi connectivity index (χ1n) is 7.54. The zero-order chi connectivity index (χ0) is 17.8. The van der Waals surface area contributed by atoms with Crippen molar-refractivity contribution in [3.05, 3.63) is 58.9 Å². The Morgan fingerprint density at radius 3 is 2.88 bits per heavy atom. The lowest BCUT2D eigenvalue weighted by atomic mass is 10.0. The molecule has 0 fully saturated rings. The van der Waals surface area contributed by atoms with Gasteiger partial charge in [-0.3, -0.25) is 14.6 Å². The van der Waals surface area contributed by atoms with Crippen LogP contribution in [0.4, 0.5) is 15.8 Å². The summed E-state index contributed by atoms with van der Waals surface area (Å²) in [5.41, 5.74) is 2.04. The van der Waals surface area contributed by atoms with E-state index >= 15 is 0 Å². The normalized spacial score (nSPS) is 13.2. The molecule has 1 N–H and O–H groups in total. The molecule has 2 aromatic carbocycles. The summed E-state index contributed by atoms with van der Waals surface area (Å²) in [6.45, 7) is 0. The van der Waals surface area contributed by atoms with Gasteiger partial charge in [0.05, 0.1) is 28.6 Å². The summed E-state index contributed by atoms with van der Waals surface area (Å²) in [7, 11) is 0. The van der Waals surface area contributed by atoms with Crippen molar-refractivity contribution in [1.82, 2.24) is 0 Å². The van der Waals surface area contributed by atoms with Crippen LogP contribution in [0.25, 0.3) is 0 Å². The highest BCUT2D eigenvalue weighted by Crippen LogP contribution is 2.27. The Labute approximate surface area is 153 Å². The number of hydrogen-bond donors (Lipinski definition) is 1. The molecule has 0 aromatic heterocycles. The minimum atomic E-state index is -0.448. The second kappa shape index (κ2) is 7.80. The van der Waals surface area contributed by atoms with Crippen molar-refractivity contribution in [3.8, 4) is 0 Å². The number of halogens is 2. The van der Waals surface area contributed by atoms with Crippen LogP contribution in [-0.2, 0) is 4.79 Å². The third-order valence-electron chi connectivity index (χ3n) is 3.55. The first-order valence-corrected chi connectivity index (χ1v) is 9.07. The summed E-state index contributed by atoms with van der Waals surface area (Å²) >= 11 is 7.35. The van der Waals surface area contributed by atoms with Gasteiger partial charge in [-0.05, 0) is 30.3 Å². The molecule has 0 radical (unpaired) electrons. The molecule has 4 nitrogen and oxygen atoms in total. The molecule has 1 amide bonds. The predicted octanol–water partition coefficient (Wildman–Crippen LogP) is 4.51. The van der Waals surface area contributed by atoms with Crippen LogP contribution in [-0.4, -0.2) is 28.9 Å². The van der Waals surface area contributed by atoms with Crippen molar-refractivity contribution >= 4 is 52.1 Å². The Kier molecular flexibility index (Phi) is 5.50. The van der Waals surface area contributed by atoms with E-state index in [0.29, 0.717) is 33.4 Å². The van der Waals surface area contributed by atoms with Gasteiger partial charge in [-0.2, -0.15) is 0 Å². The molecule has 1 aliphatic rings. The van der Waals surface area contributed by atoms with Crippen molar-refractivity contribution in [2.24, 2.45) is 4.99 Å². The smallest absolute Gasteiger partial charge is 0.234 e. The van der Waals surface area contributed by atoms with E-state index in [0.717, 1.165) is 0 Å². The number of rotatable bonds is 5. The molecule has 25 heavy (non-hydrogen) atoms. The molecular weight excluding hydrogens is 363 g/mol. The van der Waals surface area contributed by atoms with Crippen LogP contribution in [0.5, 0.6) is 0 Å². The number of fused-ring (bicyclic) bond motifs is 1. The van der Waals surface area contributed by atoms with Gasteiger partial charge >= 0.3 is 0 Å². The zero-order valence-corrected chi connectivity index (χ0v) is 14.7. The van der Waals surface area contributed by atoms with Crippen LogP contribution >= 0.6 is 23.4 Å². The number of ketones is 1. The van der Waals surface area contributed by atoms with Crippen molar-refractivity contribution < 1.29 is 14.0 Å². The third-order valence-corrected chi connectivity index (χ3v) is 4.89. The average Bonchev–Trinajstić information content (AvgIpc) is 2.58. The second-order valence-electron chi connectivity index (χ2n) is 5.46. The molecule has 0 bridgehead atoms. The number of thioether (sulfide) groups is 1. The van der Waals surface area contributed by atoms with Gasteiger partial charge < -0.3 is 5.32 Å². The van der Waals surface area contributed by atoms with Crippen LogP contribution in [0, 0.1) is 5.82 Å². The first-order chi connectivity index (χ1) is 12.0. The fourth-order valence-corrected chi connectivity index (χ4v) is 3.36. The second-order valence-corrected chi connectivity index (χ2v) is 6.85. The van der Waals surface area contributed by atoms with Crippen LogP contribution < -0.4 is 5.32 Å². The van der Waals surface area contributed by atoms with E-state index in [1.54, 1.807) is 24.3 Å². The van der Waals surface area contributed by atoms with Gasteiger partial charge in [-0.25, -0.2) is 4.39 Å². The Hall–Kier alpha value is -2.18. The van der Waals surface area contributed by atoms with E-state index in [-0.39, 0.29) is 23.9 Å². The molecule has 0 unspecified atom stereocenters. The molecular formula is C18H14ClFN2O2S. The number of anilines is 1. The molecule has 3 rings (SSSR count). The summed E-state index contributed by atoms with van der Waals surface area (Å²) in [4.78, 5) is 28.4. The van der Waals surface area contributed by atoms with Gasteiger partial charge in [-0.1, -0.05) is 23.7 Å². The number of carbonyl (C=O) groups is 2. The Balaban J connectivity index is 1.56. The first kappa shape index (κ1) is 17.6. The number of nitrogens with zero attached hydrogens (tertiary/aromatic N) is 1. The number of hydrogen-bond acceptors (Lipinski definition) is 4. The molecule has 2 aromatic rings. The molecule has 0 atom stereocenters. The molecule has 7 heteroatoms. The molecule has 0 aliphatic carbocycles. The number of amides is 1.